The first-order valence-corrected chi connectivity index (χ1v) is 6.87. The second kappa shape index (κ2) is 7.34. The molecule has 0 radical (unpaired) electrons. The molecular formula is C17H21N3. The molecule has 2 aromatic rings. The van der Waals surface area contributed by atoms with Gasteiger partial charge in [-0.2, -0.15) is 0 Å². The van der Waals surface area contributed by atoms with Crippen LogP contribution in [0.1, 0.15) is 16.7 Å². The van der Waals surface area contributed by atoms with E-state index in [9.17, 15) is 0 Å². The van der Waals surface area contributed by atoms with Crippen molar-refractivity contribution in [3.63, 3.8) is 0 Å². The highest BCUT2D eigenvalue weighted by Gasteiger charge is 1.95. The normalized spacial score (nSPS) is 11.3. The molecule has 0 aliphatic carbocycles. The topological polar surface area (TPSA) is 50.4 Å². The van der Waals surface area contributed by atoms with Crippen molar-refractivity contribution in [2.24, 2.45) is 10.7 Å². The van der Waals surface area contributed by atoms with E-state index in [-0.39, 0.29) is 0 Å². The standard InChI is InChI=1S/C17H21N3/c1-14-7-9-16(10-8-14)13-20-17(18)19-12-11-15-5-3-2-4-6-15/h2-10H,11-13H2,1H3,(H3,18,19,20). The molecule has 3 N–H and O–H groups in total. The fourth-order valence-corrected chi connectivity index (χ4v) is 1.91. The summed E-state index contributed by atoms with van der Waals surface area (Å²) in [6.07, 6.45) is 0.946. The minimum atomic E-state index is 0.501. The van der Waals surface area contributed by atoms with Gasteiger partial charge in [0.25, 0.3) is 0 Å². The fraction of sp³-hybridized carbons (Fsp3) is 0.235. The Kier molecular flexibility index (Phi) is 5.18. The summed E-state index contributed by atoms with van der Waals surface area (Å²) in [7, 11) is 0. The number of aliphatic imine (C=N–C) groups is 1. The number of nitrogens with one attached hydrogen (secondary N) is 1. The molecule has 104 valence electrons. The number of hydrogen-bond donors (Lipinski definition) is 2. The van der Waals surface area contributed by atoms with Gasteiger partial charge in [-0.05, 0) is 24.5 Å². The molecule has 2 rings (SSSR count). The molecule has 3 heteroatoms. The van der Waals surface area contributed by atoms with Crippen LogP contribution in [0.15, 0.2) is 59.6 Å². The Morgan fingerprint density at radius 3 is 2.40 bits per heavy atom. The average Bonchev–Trinajstić information content (AvgIpc) is 2.48. The van der Waals surface area contributed by atoms with Crippen LogP contribution in [0.25, 0.3) is 0 Å². The predicted octanol–water partition coefficient (Wildman–Crippen LogP) is 2.64. The molecular weight excluding hydrogens is 246 g/mol. The zero-order valence-corrected chi connectivity index (χ0v) is 11.8. The third-order valence-electron chi connectivity index (χ3n) is 3.12. The van der Waals surface area contributed by atoms with Crippen LogP contribution in [-0.2, 0) is 13.0 Å². The third kappa shape index (κ3) is 4.76. The van der Waals surface area contributed by atoms with E-state index in [1.807, 2.05) is 18.2 Å². The highest BCUT2D eigenvalue weighted by atomic mass is 15.1. The maximum Gasteiger partial charge on any atom is 0.188 e. The van der Waals surface area contributed by atoms with E-state index in [0.29, 0.717) is 12.5 Å². The first kappa shape index (κ1) is 14.1. The second-order valence-corrected chi connectivity index (χ2v) is 4.85. The van der Waals surface area contributed by atoms with Gasteiger partial charge >= 0.3 is 0 Å². The lowest BCUT2D eigenvalue weighted by atomic mass is 10.1. The van der Waals surface area contributed by atoms with Crippen molar-refractivity contribution in [3.8, 4) is 0 Å². The Bertz CT molecular complexity index is 544. The van der Waals surface area contributed by atoms with Crippen LogP contribution in [-0.4, -0.2) is 12.5 Å². The quantitative estimate of drug-likeness (QED) is 0.646. The minimum absolute atomic E-state index is 0.501. The Hall–Kier alpha value is -2.29. The third-order valence-corrected chi connectivity index (χ3v) is 3.12. The molecule has 2 aromatic carbocycles. The SMILES string of the molecule is Cc1ccc(CN=C(N)NCCc2ccccc2)cc1. The van der Waals surface area contributed by atoms with Gasteiger partial charge in [-0.25, -0.2) is 4.99 Å². The van der Waals surface area contributed by atoms with Gasteiger partial charge in [-0.3, -0.25) is 0 Å². The first-order valence-electron chi connectivity index (χ1n) is 6.87. The van der Waals surface area contributed by atoms with Crippen LogP contribution in [0.3, 0.4) is 0 Å². The van der Waals surface area contributed by atoms with Crippen molar-refractivity contribution in [1.29, 1.82) is 0 Å². The lowest BCUT2D eigenvalue weighted by Crippen LogP contribution is -2.33. The number of nitrogens with two attached hydrogens (primary N) is 1. The largest absolute Gasteiger partial charge is 0.370 e. The molecule has 0 saturated heterocycles. The van der Waals surface area contributed by atoms with Crippen molar-refractivity contribution < 1.29 is 0 Å². The summed E-state index contributed by atoms with van der Waals surface area (Å²) in [5.41, 5.74) is 9.58. The first-order chi connectivity index (χ1) is 9.74. The molecule has 0 bridgehead atoms. The number of benzene rings is 2. The minimum Gasteiger partial charge on any atom is -0.370 e. The van der Waals surface area contributed by atoms with E-state index >= 15 is 0 Å². The van der Waals surface area contributed by atoms with E-state index in [2.05, 4.69) is 53.6 Å². The molecule has 0 atom stereocenters. The Morgan fingerprint density at radius 2 is 1.70 bits per heavy atom. The molecule has 0 fully saturated rings. The summed E-state index contributed by atoms with van der Waals surface area (Å²) in [4.78, 5) is 4.34. The maximum atomic E-state index is 5.85. The maximum absolute atomic E-state index is 5.85. The fourth-order valence-electron chi connectivity index (χ4n) is 1.91. The number of guanidine groups is 1. The van der Waals surface area contributed by atoms with E-state index in [1.54, 1.807) is 0 Å². The summed E-state index contributed by atoms with van der Waals surface area (Å²) >= 11 is 0. The van der Waals surface area contributed by atoms with E-state index in [1.165, 1.54) is 16.7 Å². The smallest absolute Gasteiger partial charge is 0.188 e. The van der Waals surface area contributed by atoms with Gasteiger partial charge < -0.3 is 11.1 Å². The van der Waals surface area contributed by atoms with Gasteiger partial charge in [0.15, 0.2) is 5.96 Å². The molecule has 0 spiro atoms. The monoisotopic (exact) mass is 267 g/mol. The molecule has 0 aliphatic rings. The Balaban J connectivity index is 1.75. The zero-order valence-electron chi connectivity index (χ0n) is 11.8. The van der Waals surface area contributed by atoms with Gasteiger partial charge in [-0.1, -0.05) is 60.2 Å². The van der Waals surface area contributed by atoms with Gasteiger partial charge in [-0.15, -0.1) is 0 Å². The lowest BCUT2D eigenvalue weighted by Gasteiger charge is -2.06. The number of rotatable bonds is 5. The van der Waals surface area contributed by atoms with Crippen molar-refractivity contribution >= 4 is 5.96 Å². The molecule has 0 amide bonds. The van der Waals surface area contributed by atoms with Crippen molar-refractivity contribution in [2.75, 3.05) is 6.54 Å². The predicted molar refractivity (Wildman–Crippen MR) is 84.7 cm³/mol. The van der Waals surface area contributed by atoms with Crippen LogP contribution < -0.4 is 11.1 Å². The summed E-state index contributed by atoms with van der Waals surface area (Å²) < 4.78 is 0. The van der Waals surface area contributed by atoms with E-state index in [4.69, 9.17) is 5.73 Å². The highest BCUT2D eigenvalue weighted by molar-refractivity contribution is 5.77. The van der Waals surface area contributed by atoms with Gasteiger partial charge in [0.05, 0.1) is 6.54 Å². The summed E-state index contributed by atoms with van der Waals surface area (Å²) in [5.74, 6) is 0.501. The second-order valence-electron chi connectivity index (χ2n) is 4.85. The van der Waals surface area contributed by atoms with Gasteiger partial charge in [0.1, 0.15) is 0 Å². The van der Waals surface area contributed by atoms with E-state index in [0.717, 1.165) is 13.0 Å². The van der Waals surface area contributed by atoms with Crippen molar-refractivity contribution in [1.82, 2.24) is 5.32 Å². The van der Waals surface area contributed by atoms with Crippen LogP contribution in [0.4, 0.5) is 0 Å². The lowest BCUT2D eigenvalue weighted by molar-refractivity contribution is 0.848. The van der Waals surface area contributed by atoms with Crippen LogP contribution >= 0.6 is 0 Å². The average molecular weight is 267 g/mol. The van der Waals surface area contributed by atoms with Crippen LogP contribution in [0.5, 0.6) is 0 Å². The Morgan fingerprint density at radius 1 is 1.00 bits per heavy atom. The molecule has 0 aliphatic heterocycles. The van der Waals surface area contributed by atoms with E-state index < -0.39 is 0 Å². The molecule has 0 aromatic heterocycles. The molecule has 20 heavy (non-hydrogen) atoms. The molecule has 0 unspecified atom stereocenters. The van der Waals surface area contributed by atoms with Crippen LogP contribution in [0, 0.1) is 6.92 Å². The number of nitrogens with zero attached hydrogens (tertiary/aromatic N) is 1. The van der Waals surface area contributed by atoms with Crippen molar-refractivity contribution in [2.45, 2.75) is 19.9 Å². The van der Waals surface area contributed by atoms with Crippen LogP contribution in [0.2, 0.25) is 0 Å². The van der Waals surface area contributed by atoms with Crippen molar-refractivity contribution in [3.05, 3.63) is 71.3 Å². The number of hydrogen-bond acceptors (Lipinski definition) is 1. The Labute approximate surface area is 120 Å². The zero-order chi connectivity index (χ0) is 14.2. The van der Waals surface area contributed by atoms with Gasteiger partial charge in [0, 0.05) is 6.54 Å². The summed E-state index contributed by atoms with van der Waals surface area (Å²) in [6.45, 7) is 3.49. The molecule has 3 nitrogen and oxygen atoms in total. The highest BCUT2D eigenvalue weighted by Crippen LogP contribution is 2.04. The summed E-state index contributed by atoms with van der Waals surface area (Å²) in [6, 6.07) is 18.7. The molecule has 0 saturated carbocycles. The van der Waals surface area contributed by atoms with Gasteiger partial charge in [0.2, 0.25) is 0 Å². The summed E-state index contributed by atoms with van der Waals surface area (Å²) in [5, 5.41) is 3.14. The number of aryl methyl sites for hydroxylation is 1. The molecule has 0 heterocycles.